The van der Waals surface area contributed by atoms with Gasteiger partial charge in [0.15, 0.2) is 0 Å². The fraction of sp³-hybridized carbons (Fsp3) is 0.250. The summed E-state index contributed by atoms with van der Waals surface area (Å²) in [5, 5.41) is 0. The third kappa shape index (κ3) is 4.79. The molecule has 0 rings (SSSR count). The average Bonchev–Trinajstić information content (AvgIpc) is 2.30. The van der Waals surface area contributed by atoms with Gasteiger partial charge in [0, 0.05) is 0 Å². The Kier molecular flexibility index (Phi) is 6.95. The molecule has 0 aromatic heterocycles. The van der Waals surface area contributed by atoms with Gasteiger partial charge in [0.2, 0.25) is 0 Å². The molecular formula is C16H22. The monoisotopic (exact) mass is 214 g/mol. The molecule has 0 bridgehead atoms. The topological polar surface area (TPSA) is 0 Å². The molecule has 0 aliphatic carbocycles. The number of hydrogen-bond donors (Lipinski definition) is 0. The molecule has 0 atom stereocenters. The molecule has 0 heterocycles. The molecular weight excluding hydrogens is 192 g/mol. The Labute approximate surface area is 100 Å². The van der Waals surface area contributed by atoms with Crippen LogP contribution in [0.15, 0.2) is 71.9 Å². The van der Waals surface area contributed by atoms with Crippen molar-refractivity contribution in [2.45, 2.75) is 27.7 Å². The van der Waals surface area contributed by atoms with Crippen LogP contribution in [0.25, 0.3) is 0 Å². The van der Waals surface area contributed by atoms with Crippen molar-refractivity contribution in [2.24, 2.45) is 0 Å². The molecule has 0 amide bonds. The minimum absolute atomic E-state index is 1.27. The summed E-state index contributed by atoms with van der Waals surface area (Å²) in [7, 11) is 0. The lowest BCUT2D eigenvalue weighted by Crippen LogP contribution is -1.87. The van der Waals surface area contributed by atoms with Gasteiger partial charge in [-0.15, -0.1) is 0 Å². The van der Waals surface area contributed by atoms with Crippen LogP contribution in [-0.4, -0.2) is 0 Å². The molecule has 0 aromatic rings. The summed E-state index contributed by atoms with van der Waals surface area (Å²) in [6, 6.07) is 0. The minimum atomic E-state index is 1.27. The van der Waals surface area contributed by atoms with Gasteiger partial charge in [-0.05, 0) is 50.0 Å². The van der Waals surface area contributed by atoms with E-state index in [9.17, 15) is 0 Å². The standard InChI is InChI=1S/C16H22/c1-7-9-11-13(3)15(5)16(6)14(4)12-10-8-2/h7-12H,1-2H2,3-6H3/b11-9-,12-10-,15-13+,16-14+. The van der Waals surface area contributed by atoms with Crippen molar-refractivity contribution >= 4 is 0 Å². The maximum absolute atomic E-state index is 3.67. The Morgan fingerprint density at radius 1 is 0.688 bits per heavy atom. The van der Waals surface area contributed by atoms with Crippen molar-refractivity contribution in [3.63, 3.8) is 0 Å². The summed E-state index contributed by atoms with van der Waals surface area (Å²) in [4.78, 5) is 0. The summed E-state index contributed by atoms with van der Waals surface area (Å²) < 4.78 is 0. The predicted molar refractivity (Wildman–Crippen MR) is 75.4 cm³/mol. The van der Waals surface area contributed by atoms with E-state index in [-0.39, 0.29) is 0 Å². The number of allylic oxidation sites excluding steroid dienone is 10. The van der Waals surface area contributed by atoms with Crippen molar-refractivity contribution in [1.29, 1.82) is 0 Å². The SMILES string of the molecule is C=C\C=C/C(C)=C(C)/C(C)=C(C)/C=C\C=C. The largest absolute Gasteiger partial charge is 0.0991 e. The maximum Gasteiger partial charge on any atom is -0.0392 e. The van der Waals surface area contributed by atoms with E-state index in [1.165, 1.54) is 22.3 Å². The molecule has 0 saturated carbocycles. The van der Waals surface area contributed by atoms with Crippen LogP contribution in [0.2, 0.25) is 0 Å². The van der Waals surface area contributed by atoms with E-state index >= 15 is 0 Å². The molecule has 0 heteroatoms. The van der Waals surface area contributed by atoms with Crippen LogP contribution in [0.5, 0.6) is 0 Å². The first kappa shape index (κ1) is 14.4. The molecule has 16 heavy (non-hydrogen) atoms. The smallest absolute Gasteiger partial charge is 0.0392 e. The second-order valence-corrected chi connectivity index (χ2v) is 3.81. The van der Waals surface area contributed by atoms with Crippen molar-refractivity contribution < 1.29 is 0 Å². The first-order chi connectivity index (χ1) is 7.54. The molecule has 0 aromatic carbocycles. The van der Waals surface area contributed by atoms with Gasteiger partial charge in [-0.2, -0.15) is 0 Å². The van der Waals surface area contributed by atoms with Crippen molar-refractivity contribution in [2.75, 3.05) is 0 Å². The summed E-state index contributed by atoms with van der Waals surface area (Å²) >= 11 is 0. The average molecular weight is 214 g/mol. The molecule has 0 saturated heterocycles. The van der Waals surface area contributed by atoms with E-state index in [0.29, 0.717) is 0 Å². The predicted octanol–water partition coefficient (Wildman–Crippen LogP) is 5.14. The van der Waals surface area contributed by atoms with Crippen LogP contribution in [0.1, 0.15) is 27.7 Å². The van der Waals surface area contributed by atoms with Crippen LogP contribution in [-0.2, 0) is 0 Å². The van der Waals surface area contributed by atoms with E-state index in [4.69, 9.17) is 0 Å². The molecule has 0 radical (unpaired) electrons. The normalized spacial score (nSPS) is 15.0. The Hall–Kier alpha value is -1.56. The third-order valence-electron chi connectivity index (χ3n) is 2.71. The first-order valence-corrected chi connectivity index (χ1v) is 5.48. The zero-order valence-electron chi connectivity index (χ0n) is 10.9. The number of rotatable bonds is 5. The lowest BCUT2D eigenvalue weighted by Gasteiger charge is -2.07. The lowest BCUT2D eigenvalue weighted by molar-refractivity contribution is 1.23. The fourth-order valence-corrected chi connectivity index (χ4v) is 1.27. The van der Waals surface area contributed by atoms with E-state index in [0.717, 1.165) is 0 Å². The van der Waals surface area contributed by atoms with Crippen molar-refractivity contribution in [3.8, 4) is 0 Å². The van der Waals surface area contributed by atoms with Gasteiger partial charge in [-0.3, -0.25) is 0 Å². The summed E-state index contributed by atoms with van der Waals surface area (Å²) in [6.45, 7) is 15.9. The lowest BCUT2D eigenvalue weighted by atomic mass is 9.99. The van der Waals surface area contributed by atoms with Crippen LogP contribution < -0.4 is 0 Å². The van der Waals surface area contributed by atoms with Gasteiger partial charge >= 0.3 is 0 Å². The molecule has 0 spiro atoms. The van der Waals surface area contributed by atoms with Gasteiger partial charge in [0.25, 0.3) is 0 Å². The molecule has 0 aliphatic rings. The Morgan fingerprint density at radius 3 is 1.25 bits per heavy atom. The van der Waals surface area contributed by atoms with E-state index < -0.39 is 0 Å². The van der Waals surface area contributed by atoms with Crippen molar-refractivity contribution in [1.82, 2.24) is 0 Å². The second kappa shape index (κ2) is 7.70. The highest BCUT2D eigenvalue weighted by Crippen LogP contribution is 2.19. The number of hydrogen-bond acceptors (Lipinski definition) is 0. The quantitative estimate of drug-likeness (QED) is 0.556. The highest BCUT2D eigenvalue weighted by molar-refractivity contribution is 5.42. The Morgan fingerprint density at radius 2 is 1.00 bits per heavy atom. The van der Waals surface area contributed by atoms with Gasteiger partial charge in [0.05, 0.1) is 0 Å². The van der Waals surface area contributed by atoms with E-state index in [2.05, 4.69) is 53.0 Å². The van der Waals surface area contributed by atoms with Crippen LogP contribution in [0.3, 0.4) is 0 Å². The van der Waals surface area contributed by atoms with Crippen LogP contribution in [0.4, 0.5) is 0 Å². The molecule has 0 unspecified atom stereocenters. The maximum atomic E-state index is 3.67. The minimum Gasteiger partial charge on any atom is -0.0991 e. The summed E-state index contributed by atoms with van der Waals surface area (Å²) in [5.74, 6) is 0. The Bertz CT molecular complexity index is 333. The Balaban J connectivity index is 5.16. The third-order valence-corrected chi connectivity index (χ3v) is 2.71. The molecule has 0 aliphatic heterocycles. The van der Waals surface area contributed by atoms with Crippen LogP contribution >= 0.6 is 0 Å². The first-order valence-electron chi connectivity index (χ1n) is 5.48. The molecule has 0 nitrogen and oxygen atoms in total. The van der Waals surface area contributed by atoms with Gasteiger partial charge in [-0.25, -0.2) is 0 Å². The molecule has 0 fully saturated rings. The summed E-state index contributed by atoms with van der Waals surface area (Å²) in [6.07, 6.45) is 11.7. The fourth-order valence-electron chi connectivity index (χ4n) is 1.27. The zero-order valence-corrected chi connectivity index (χ0v) is 10.9. The second-order valence-electron chi connectivity index (χ2n) is 3.81. The highest BCUT2D eigenvalue weighted by atomic mass is 14.0. The van der Waals surface area contributed by atoms with Crippen LogP contribution in [0, 0.1) is 0 Å². The van der Waals surface area contributed by atoms with E-state index in [1.54, 1.807) is 12.2 Å². The summed E-state index contributed by atoms with van der Waals surface area (Å²) in [5.41, 5.74) is 5.15. The van der Waals surface area contributed by atoms with Gasteiger partial charge in [-0.1, -0.05) is 49.6 Å². The van der Waals surface area contributed by atoms with Gasteiger partial charge in [0.1, 0.15) is 0 Å². The highest BCUT2D eigenvalue weighted by Gasteiger charge is 1.99. The van der Waals surface area contributed by atoms with E-state index in [1.807, 2.05) is 12.2 Å². The zero-order chi connectivity index (χ0) is 12.6. The molecule has 0 N–H and O–H groups in total. The van der Waals surface area contributed by atoms with Gasteiger partial charge < -0.3 is 0 Å². The molecule has 86 valence electrons. The van der Waals surface area contributed by atoms with Crippen molar-refractivity contribution in [3.05, 3.63) is 71.9 Å².